The summed E-state index contributed by atoms with van der Waals surface area (Å²) in [5.41, 5.74) is 2.57. The predicted octanol–water partition coefficient (Wildman–Crippen LogP) is 2.81. The fraction of sp³-hybridized carbons (Fsp3) is 0.250. The van der Waals surface area contributed by atoms with Gasteiger partial charge in [0.25, 0.3) is 0 Å². The molecule has 0 fully saturated rings. The molecule has 5 heteroatoms. The lowest BCUT2D eigenvalue weighted by Crippen LogP contribution is -2.09. The van der Waals surface area contributed by atoms with E-state index in [1.54, 1.807) is 19.4 Å². The summed E-state index contributed by atoms with van der Waals surface area (Å²) in [5.74, 6) is 0.636. The number of hydrogen-bond acceptors (Lipinski definition) is 3. The zero-order chi connectivity index (χ0) is 14.7. The van der Waals surface area contributed by atoms with E-state index < -0.39 is 0 Å². The van der Waals surface area contributed by atoms with E-state index in [0.29, 0.717) is 19.6 Å². The van der Waals surface area contributed by atoms with Crippen LogP contribution in [0.2, 0.25) is 0 Å². The van der Waals surface area contributed by atoms with Crippen LogP contribution in [0.15, 0.2) is 42.6 Å². The number of imidazole rings is 1. The number of aromatic nitrogens is 3. The van der Waals surface area contributed by atoms with Gasteiger partial charge in [0.2, 0.25) is 0 Å². The molecule has 0 atom stereocenters. The summed E-state index contributed by atoms with van der Waals surface area (Å²) in [6, 6.07) is 10.4. The van der Waals surface area contributed by atoms with Crippen molar-refractivity contribution in [1.29, 1.82) is 0 Å². The van der Waals surface area contributed by atoms with Gasteiger partial charge < -0.3 is 9.30 Å². The highest BCUT2D eigenvalue weighted by atomic mass is 19.1. The van der Waals surface area contributed by atoms with Crippen LogP contribution in [-0.4, -0.2) is 28.3 Å². The van der Waals surface area contributed by atoms with Crippen molar-refractivity contribution in [3.8, 4) is 0 Å². The maximum absolute atomic E-state index is 13.3. The van der Waals surface area contributed by atoms with Gasteiger partial charge in [-0.25, -0.2) is 14.4 Å². The summed E-state index contributed by atoms with van der Waals surface area (Å²) in [4.78, 5) is 9.00. The first kappa shape index (κ1) is 13.7. The molecule has 108 valence electrons. The van der Waals surface area contributed by atoms with E-state index in [1.165, 1.54) is 12.1 Å². The van der Waals surface area contributed by atoms with Crippen LogP contribution in [0, 0.1) is 5.82 Å². The Morgan fingerprint density at radius 1 is 1.24 bits per heavy atom. The zero-order valence-electron chi connectivity index (χ0n) is 11.8. The number of rotatable bonds is 5. The second-order valence-corrected chi connectivity index (χ2v) is 4.83. The summed E-state index contributed by atoms with van der Waals surface area (Å²) in [5, 5.41) is 0. The van der Waals surface area contributed by atoms with E-state index in [0.717, 1.165) is 22.6 Å². The molecule has 2 heterocycles. The topological polar surface area (TPSA) is 39.9 Å². The first-order chi connectivity index (χ1) is 10.3. The number of fused-ring (bicyclic) bond motifs is 1. The van der Waals surface area contributed by atoms with Crippen LogP contribution in [0.3, 0.4) is 0 Å². The summed E-state index contributed by atoms with van der Waals surface area (Å²) < 4.78 is 20.5. The average Bonchev–Trinajstić information content (AvgIpc) is 2.82. The normalized spacial score (nSPS) is 11.1. The molecule has 21 heavy (non-hydrogen) atoms. The van der Waals surface area contributed by atoms with Gasteiger partial charge in [-0.05, 0) is 29.8 Å². The van der Waals surface area contributed by atoms with Crippen LogP contribution in [-0.2, 0) is 17.7 Å². The smallest absolute Gasteiger partial charge is 0.160 e. The molecular formula is C16H16FN3O. The van der Waals surface area contributed by atoms with E-state index >= 15 is 0 Å². The van der Waals surface area contributed by atoms with Crippen molar-refractivity contribution >= 4 is 11.2 Å². The van der Waals surface area contributed by atoms with Gasteiger partial charge in [-0.3, -0.25) is 0 Å². The lowest BCUT2D eigenvalue weighted by molar-refractivity contribution is 0.187. The minimum absolute atomic E-state index is 0.231. The van der Waals surface area contributed by atoms with Gasteiger partial charge in [0.15, 0.2) is 5.65 Å². The van der Waals surface area contributed by atoms with Gasteiger partial charge in [0.05, 0.1) is 6.61 Å². The molecule has 0 bridgehead atoms. The Balaban J connectivity index is 2.00. The molecule has 0 amide bonds. The predicted molar refractivity (Wildman–Crippen MR) is 78.6 cm³/mol. The summed E-state index contributed by atoms with van der Waals surface area (Å²) >= 11 is 0. The molecule has 0 aliphatic heterocycles. The van der Waals surface area contributed by atoms with Crippen LogP contribution in [0.4, 0.5) is 4.39 Å². The molecule has 0 radical (unpaired) electrons. The Morgan fingerprint density at radius 3 is 2.95 bits per heavy atom. The maximum atomic E-state index is 13.3. The van der Waals surface area contributed by atoms with Gasteiger partial charge in [0, 0.05) is 26.3 Å². The lowest BCUT2D eigenvalue weighted by Gasteiger charge is -2.08. The van der Waals surface area contributed by atoms with Crippen molar-refractivity contribution in [2.45, 2.75) is 13.0 Å². The highest BCUT2D eigenvalue weighted by Gasteiger charge is 2.12. The molecule has 0 aliphatic rings. The van der Waals surface area contributed by atoms with Crippen LogP contribution in [0.1, 0.15) is 11.4 Å². The molecular weight excluding hydrogens is 269 g/mol. The van der Waals surface area contributed by atoms with E-state index in [-0.39, 0.29) is 5.82 Å². The second kappa shape index (κ2) is 6.01. The van der Waals surface area contributed by atoms with Crippen molar-refractivity contribution in [2.75, 3.05) is 13.7 Å². The number of benzene rings is 1. The number of hydrogen-bond donors (Lipinski definition) is 0. The van der Waals surface area contributed by atoms with Crippen molar-refractivity contribution in [3.05, 3.63) is 59.8 Å². The summed E-state index contributed by atoms with van der Waals surface area (Å²) in [7, 11) is 1.67. The SMILES string of the molecule is COCCn1c(Cc2cccc(F)c2)nc2cccnc21. The molecule has 3 aromatic rings. The van der Waals surface area contributed by atoms with E-state index in [4.69, 9.17) is 4.74 Å². The number of ether oxygens (including phenoxy) is 1. The highest BCUT2D eigenvalue weighted by molar-refractivity contribution is 5.71. The van der Waals surface area contributed by atoms with E-state index in [1.807, 2.05) is 22.8 Å². The Bertz CT molecular complexity index is 754. The van der Waals surface area contributed by atoms with Gasteiger partial charge in [-0.15, -0.1) is 0 Å². The molecule has 1 aromatic carbocycles. The van der Waals surface area contributed by atoms with Crippen LogP contribution in [0.5, 0.6) is 0 Å². The second-order valence-electron chi connectivity index (χ2n) is 4.83. The Labute approximate surface area is 122 Å². The molecule has 0 N–H and O–H groups in total. The number of nitrogens with zero attached hydrogens (tertiary/aromatic N) is 3. The van der Waals surface area contributed by atoms with Crippen molar-refractivity contribution in [2.24, 2.45) is 0 Å². The lowest BCUT2D eigenvalue weighted by atomic mass is 10.1. The van der Waals surface area contributed by atoms with Crippen LogP contribution < -0.4 is 0 Å². The van der Waals surface area contributed by atoms with Crippen LogP contribution >= 0.6 is 0 Å². The van der Waals surface area contributed by atoms with E-state index in [2.05, 4.69) is 9.97 Å². The molecule has 0 aliphatic carbocycles. The monoisotopic (exact) mass is 285 g/mol. The Kier molecular flexibility index (Phi) is 3.92. The molecule has 0 saturated carbocycles. The molecule has 2 aromatic heterocycles. The molecule has 3 rings (SSSR count). The van der Waals surface area contributed by atoms with Crippen molar-refractivity contribution < 1.29 is 9.13 Å². The maximum Gasteiger partial charge on any atom is 0.160 e. The molecule has 0 spiro atoms. The Hall–Kier alpha value is -2.27. The minimum atomic E-state index is -0.231. The van der Waals surface area contributed by atoms with Crippen molar-refractivity contribution in [1.82, 2.24) is 14.5 Å². The standard InChI is InChI=1S/C16H16FN3O/c1-21-9-8-20-15(11-12-4-2-5-13(17)10-12)19-14-6-3-7-18-16(14)20/h2-7,10H,8-9,11H2,1H3. The molecule has 0 saturated heterocycles. The number of methoxy groups -OCH3 is 1. The third-order valence-electron chi connectivity index (χ3n) is 3.35. The van der Waals surface area contributed by atoms with Gasteiger partial charge in [-0.2, -0.15) is 0 Å². The molecule has 4 nitrogen and oxygen atoms in total. The number of pyridine rings is 1. The fourth-order valence-electron chi connectivity index (χ4n) is 2.39. The van der Waals surface area contributed by atoms with Gasteiger partial charge in [0.1, 0.15) is 17.2 Å². The third-order valence-corrected chi connectivity index (χ3v) is 3.35. The van der Waals surface area contributed by atoms with Crippen molar-refractivity contribution in [3.63, 3.8) is 0 Å². The van der Waals surface area contributed by atoms with Crippen LogP contribution in [0.25, 0.3) is 11.2 Å². The van der Waals surface area contributed by atoms with Gasteiger partial charge in [-0.1, -0.05) is 12.1 Å². The number of halogens is 1. The third kappa shape index (κ3) is 2.92. The first-order valence-corrected chi connectivity index (χ1v) is 6.81. The largest absolute Gasteiger partial charge is 0.383 e. The quantitative estimate of drug-likeness (QED) is 0.723. The Morgan fingerprint density at radius 2 is 2.14 bits per heavy atom. The fourth-order valence-corrected chi connectivity index (χ4v) is 2.39. The summed E-state index contributed by atoms with van der Waals surface area (Å²) in [6.07, 6.45) is 2.32. The zero-order valence-corrected chi connectivity index (χ0v) is 11.8. The minimum Gasteiger partial charge on any atom is -0.383 e. The molecule has 0 unspecified atom stereocenters. The highest BCUT2D eigenvalue weighted by Crippen LogP contribution is 2.17. The summed E-state index contributed by atoms with van der Waals surface area (Å²) in [6.45, 7) is 1.26. The first-order valence-electron chi connectivity index (χ1n) is 6.81. The van der Waals surface area contributed by atoms with Gasteiger partial charge >= 0.3 is 0 Å². The average molecular weight is 285 g/mol. The van der Waals surface area contributed by atoms with E-state index in [9.17, 15) is 4.39 Å².